The Hall–Kier alpha value is 0.760. The fourth-order valence-electron chi connectivity index (χ4n) is 0.760. The Morgan fingerprint density at radius 3 is 1.15 bits per heavy atom. The van der Waals surface area contributed by atoms with Crippen LogP contribution in [0.2, 0.25) is 0 Å². The maximum absolute atomic E-state index is 8.48. The van der Waals surface area contributed by atoms with Gasteiger partial charge in [0.25, 0.3) is 0 Å². The van der Waals surface area contributed by atoms with Crippen molar-refractivity contribution >= 4 is 29.6 Å². The van der Waals surface area contributed by atoms with Crippen molar-refractivity contribution in [1.82, 2.24) is 11.1 Å². The first-order valence-electron chi connectivity index (χ1n) is 3.40. The minimum Gasteiger partial charge on any atom is -0.412 e. The number of hydrogen-bond acceptors (Lipinski definition) is 5. The SMILES string of the molecule is N.O.OCCN(CCO)CCO.[Na]. The summed E-state index contributed by atoms with van der Waals surface area (Å²) in [4.78, 5) is 1.79. The molecular weight excluding hydrogens is 187 g/mol. The molecule has 0 heterocycles. The van der Waals surface area contributed by atoms with Crippen LogP contribution in [-0.2, 0) is 0 Å². The topological polar surface area (TPSA) is 130 Å². The third-order valence-electron chi connectivity index (χ3n) is 1.25. The predicted octanol–water partition coefficient (Wildman–Crippen LogP) is -2.78. The van der Waals surface area contributed by atoms with Crippen molar-refractivity contribution in [3.05, 3.63) is 0 Å². The smallest absolute Gasteiger partial charge is 0.0558 e. The fourth-order valence-corrected chi connectivity index (χ4v) is 0.760. The van der Waals surface area contributed by atoms with Crippen LogP contribution in [0.4, 0.5) is 0 Å². The van der Waals surface area contributed by atoms with Crippen molar-refractivity contribution in [3.63, 3.8) is 0 Å². The zero-order chi connectivity index (χ0) is 7.82. The zero-order valence-corrected chi connectivity index (χ0v) is 10.2. The van der Waals surface area contributed by atoms with E-state index >= 15 is 0 Å². The molecule has 0 aromatic heterocycles. The van der Waals surface area contributed by atoms with Crippen LogP contribution in [0.25, 0.3) is 0 Å². The van der Waals surface area contributed by atoms with Gasteiger partial charge >= 0.3 is 0 Å². The molecule has 79 valence electrons. The standard InChI is InChI=1S/C6H15NO3.H3N.Na.H2O/c8-4-1-7(2-5-9)3-6-10;;;/h8-10H,1-6H2;1H3;;1H2. The Labute approximate surface area is 101 Å². The quantitative estimate of drug-likeness (QED) is 0.350. The van der Waals surface area contributed by atoms with Gasteiger partial charge in [-0.1, -0.05) is 0 Å². The molecule has 0 aliphatic rings. The van der Waals surface area contributed by atoms with Gasteiger partial charge in [0.1, 0.15) is 0 Å². The first kappa shape index (κ1) is 23.5. The third kappa shape index (κ3) is 15.5. The molecule has 0 saturated carbocycles. The van der Waals surface area contributed by atoms with Crippen LogP contribution < -0.4 is 6.15 Å². The van der Waals surface area contributed by atoms with E-state index in [9.17, 15) is 0 Å². The average Bonchev–Trinajstić information content (AvgIpc) is 1.90. The first-order chi connectivity index (χ1) is 4.85. The maximum atomic E-state index is 8.48. The van der Waals surface area contributed by atoms with Crippen molar-refractivity contribution < 1.29 is 20.8 Å². The van der Waals surface area contributed by atoms with Gasteiger partial charge in [0.05, 0.1) is 19.8 Å². The molecule has 0 spiro atoms. The molecule has 7 heteroatoms. The normalized spacial score (nSPS) is 8.31. The maximum Gasteiger partial charge on any atom is 0.0558 e. The molecule has 0 bridgehead atoms. The molecule has 0 aliphatic heterocycles. The second kappa shape index (κ2) is 18.5. The third-order valence-corrected chi connectivity index (χ3v) is 1.25. The summed E-state index contributed by atoms with van der Waals surface area (Å²) in [6.07, 6.45) is 0. The van der Waals surface area contributed by atoms with Gasteiger partial charge in [-0.2, -0.15) is 0 Å². The predicted molar refractivity (Wildman–Crippen MR) is 52.1 cm³/mol. The van der Waals surface area contributed by atoms with E-state index in [0.717, 1.165) is 0 Å². The van der Waals surface area contributed by atoms with Crippen molar-refractivity contribution in [1.29, 1.82) is 0 Å². The monoisotopic (exact) mass is 207 g/mol. The molecule has 0 aromatic rings. The molecule has 0 aliphatic carbocycles. The van der Waals surface area contributed by atoms with Gasteiger partial charge in [-0.3, -0.25) is 4.90 Å². The van der Waals surface area contributed by atoms with Crippen molar-refractivity contribution in [2.45, 2.75) is 0 Å². The van der Waals surface area contributed by atoms with E-state index in [-0.39, 0.29) is 61.0 Å². The van der Waals surface area contributed by atoms with Crippen LogP contribution in [0.15, 0.2) is 0 Å². The number of nitrogens with zero attached hydrogens (tertiary/aromatic N) is 1. The number of aliphatic hydroxyl groups is 3. The van der Waals surface area contributed by atoms with E-state index in [1.807, 2.05) is 0 Å². The fraction of sp³-hybridized carbons (Fsp3) is 1.00. The van der Waals surface area contributed by atoms with Gasteiger partial charge in [0.2, 0.25) is 0 Å². The van der Waals surface area contributed by atoms with E-state index in [0.29, 0.717) is 19.6 Å². The molecule has 13 heavy (non-hydrogen) atoms. The first-order valence-corrected chi connectivity index (χ1v) is 3.40. The summed E-state index contributed by atoms with van der Waals surface area (Å²) in [5.74, 6) is 0. The molecule has 0 rings (SSSR count). The molecular formula is C6H20N2NaO4. The molecule has 6 nitrogen and oxygen atoms in total. The molecule has 0 fully saturated rings. The second-order valence-corrected chi connectivity index (χ2v) is 2.01. The van der Waals surface area contributed by atoms with Crippen LogP contribution in [0, 0.1) is 0 Å². The molecule has 8 N–H and O–H groups in total. The van der Waals surface area contributed by atoms with Crippen LogP contribution in [0.5, 0.6) is 0 Å². The van der Waals surface area contributed by atoms with Gasteiger partial charge in [0.15, 0.2) is 0 Å². The van der Waals surface area contributed by atoms with Gasteiger partial charge < -0.3 is 26.9 Å². The largest absolute Gasteiger partial charge is 0.412 e. The van der Waals surface area contributed by atoms with Gasteiger partial charge in [0, 0.05) is 49.2 Å². The second-order valence-electron chi connectivity index (χ2n) is 2.01. The summed E-state index contributed by atoms with van der Waals surface area (Å²) >= 11 is 0. The van der Waals surface area contributed by atoms with Crippen LogP contribution in [0.1, 0.15) is 0 Å². The van der Waals surface area contributed by atoms with Crippen LogP contribution in [-0.4, -0.2) is 94.7 Å². The number of rotatable bonds is 6. The molecule has 1 radical (unpaired) electrons. The summed E-state index contributed by atoms with van der Waals surface area (Å²) < 4.78 is 0. The molecule has 0 atom stereocenters. The van der Waals surface area contributed by atoms with Crippen LogP contribution >= 0.6 is 0 Å². The van der Waals surface area contributed by atoms with E-state index in [1.54, 1.807) is 4.90 Å². The molecule has 0 aromatic carbocycles. The molecule has 0 amide bonds. The molecule has 0 unspecified atom stereocenters. The summed E-state index contributed by atoms with van der Waals surface area (Å²) in [6, 6.07) is 0. The minimum atomic E-state index is 0. The van der Waals surface area contributed by atoms with Crippen molar-refractivity contribution in [2.24, 2.45) is 0 Å². The Kier molecular flexibility index (Phi) is 33.5. The minimum absolute atomic E-state index is 0. The number of aliphatic hydroxyl groups excluding tert-OH is 3. The molecule has 0 saturated heterocycles. The van der Waals surface area contributed by atoms with Gasteiger partial charge in [-0.15, -0.1) is 0 Å². The van der Waals surface area contributed by atoms with E-state index < -0.39 is 0 Å². The van der Waals surface area contributed by atoms with Crippen LogP contribution in [0.3, 0.4) is 0 Å². The summed E-state index contributed by atoms with van der Waals surface area (Å²) in [5, 5.41) is 25.5. The number of hydrogen-bond donors (Lipinski definition) is 4. The van der Waals surface area contributed by atoms with E-state index in [4.69, 9.17) is 15.3 Å². The summed E-state index contributed by atoms with van der Waals surface area (Å²) in [6.45, 7) is 1.75. The summed E-state index contributed by atoms with van der Waals surface area (Å²) in [5.41, 5.74) is 0. The van der Waals surface area contributed by atoms with Crippen molar-refractivity contribution in [3.8, 4) is 0 Å². The van der Waals surface area contributed by atoms with E-state index in [2.05, 4.69) is 0 Å². The Balaban J connectivity index is -0.000000135. The zero-order valence-electron chi connectivity index (χ0n) is 8.24. The van der Waals surface area contributed by atoms with E-state index in [1.165, 1.54) is 0 Å². The Morgan fingerprint density at radius 1 is 0.769 bits per heavy atom. The van der Waals surface area contributed by atoms with Crippen molar-refractivity contribution in [2.75, 3.05) is 39.5 Å². The van der Waals surface area contributed by atoms with Gasteiger partial charge in [-0.25, -0.2) is 0 Å². The Morgan fingerprint density at radius 2 is 1.00 bits per heavy atom. The van der Waals surface area contributed by atoms with Gasteiger partial charge in [-0.05, 0) is 0 Å². The summed E-state index contributed by atoms with van der Waals surface area (Å²) in [7, 11) is 0. The average molecular weight is 207 g/mol. The Bertz CT molecular complexity index is 65.4.